The summed E-state index contributed by atoms with van der Waals surface area (Å²) in [6.07, 6.45) is 4.69. The highest BCUT2D eigenvalue weighted by Crippen LogP contribution is 2.33. The lowest BCUT2D eigenvalue weighted by atomic mass is 9.85. The highest BCUT2D eigenvalue weighted by Gasteiger charge is 2.26. The summed E-state index contributed by atoms with van der Waals surface area (Å²) in [5, 5.41) is 0. The summed E-state index contributed by atoms with van der Waals surface area (Å²) in [6.45, 7) is 7.97. The maximum atomic E-state index is 14.0. The lowest BCUT2D eigenvalue weighted by Crippen LogP contribution is -2.30. The van der Waals surface area contributed by atoms with Crippen LogP contribution in [0.15, 0.2) is 35.4 Å². The Morgan fingerprint density at radius 1 is 1.24 bits per heavy atom. The predicted octanol–water partition coefficient (Wildman–Crippen LogP) is 2.80. The van der Waals surface area contributed by atoms with Gasteiger partial charge in [0.25, 0.3) is 5.56 Å². The van der Waals surface area contributed by atoms with Crippen LogP contribution in [0.3, 0.4) is 0 Å². The number of aromatic nitrogens is 3. The zero-order chi connectivity index (χ0) is 24.0. The van der Waals surface area contributed by atoms with Gasteiger partial charge in [0.15, 0.2) is 0 Å². The minimum Gasteiger partial charge on any atom is -0.355 e. The van der Waals surface area contributed by atoms with Crippen LogP contribution < -0.4 is 15.2 Å². The third kappa shape index (κ3) is 5.22. The van der Waals surface area contributed by atoms with Gasteiger partial charge in [-0.05, 0) is 41.5 Å². The molecule has 2 N–H and O–H groups in total. The monoisotopic (exact) mass is 473 g/mol. The van der Waals surface area contributed by atoms with Crippen molar-refractivity contribution in [3.8, 4) is 11.1 Å². The molecule has 3 aromatic rings. The number of hydrogen-bond donors (Lipinski definition) is 2. The van der Waals surface area contributed by atoms with Crippen molar-refractivity contribution in [2.45, 2.75) is 32.6 Å². The van der Waals surface area contributed by atoms with Crippen LogP contribution >= 0.6 is 0 Å². The third-order valence-electron chi connectivity index (χ3n) is 5.90. The smallest absolute Gasteiger partial charge is 0.256 e. The highest BCUT2D eigenvalue weighted by atomic mass is 32.2. The van der Waals surface area contributed by atoms with E-state index in [4.69, 9.17) is 4.98 Å². The lowest BCUT2D eigenvalue weighted by molar-refractivity contribution is 0.545. The molecule has 0 aliphatic carbocycles. The minimum atomic E-state index is -3.23. The molecule has 1 aromatic carbocycles. The molecule has 1 aliphatic heterocycles. The number of nitrogens with zero attached hydrogens (tertiary/aromatic N) is 3. The molecule has 8 nitrogen and oxygen atoms in total. The Kier molecular flexibility index (Phi) is 6.00. The van der Waals surface area contributed by atoms with Gasteiger partial charge < -0.3 is 9.88 Å². The van der Waals surface area contributed by atoms with Gasteiger partial charge in [-0.25, -0.2) is 22.5 Å². The molecule has 4 rings (SSSR count). The quantitative estimate of drug-likeness (QED) is 0.590. The number of aromatic amines is 1. The molecule has 10 heteroatoms. The number of H-pyrrole nitrogens is 1. The van der Waals surface area contributed by atoms with Crippen molar-refractivity contribution in [1.29, 1.82) is 0 Å². The number of anilines is 1. The first-order valence-corrected chi connectivity index (χ1v) is 12.7. The second kappa shape index (κ2) is 8.49. The van der Waals surface area contributed by atoms with Crippen molar-refractivity contribution in [1.82, 2.24) is 19.7 Å². The van der Waals surface area contributed by atoms with E-state index in [0.29, 0.717) is 35.5 Å². The maximum Gasteiger partial charge on any atom is 0.256 e. The van der Waals surface area contributed by atoms with Crippen molar-refractivity contribution in [2.24, 2.45) is 5.92 Å². The van der Waals surface area contributed by atoms with Crippen LogP contribution in [0.4, 0.5) is 10.2 Å². The Labute approximate surface area is 192 Å². The van der Waals surface area contributed by atoms with Gasteiger partial charge in [-0.3, -0.25) is 9.78 Å². The summed E-state index contributed by atoms with van der Waals surface area (Å²) in [6, 6.07) is 5.06. The summed E-state index contributed by atoms with van der Waals surface area (Å²) in [7, 11) is -3.23. The van der Waals surface area contributed by atoms with Gasteiger partial charge in [0.1, 0.15) is 11.6 Å². The Balaban J connectivity index is 1.75. The minimum absolute atomic E-state index is 0.180. The van der Waals surface area contributed by atoms with Crippen LogP contribution in [-0.4, -0.2) is 49.3 Å². The lowest BCUT2D eigenvalue weighted by Gasteiger charge is -2.22. The first kappa shape index (κ1) is 23.3. The van der Waals surface area contributed by atoms with Crippen LogP contribution in [0.2, 0.25) is 0 Å². The molecule has 0 unspecified atom stereocenters. The van der Waals surface area contributed by atoms with E-state index in [1.165, 1.54) is 6.07 Å². The number of sulfonamides is 1. The number of halogens is 1. The molecular weight excluding hydrogens is 445 g/mol. The van der Waals surface area contributed by atoms with E-state index in [0.717, 1.165) is 31.0 Å². The van der Waals surface area contributed by atoms with Gasteiger partial charge in [0.2, 0.25) is 10.0 Å². The van der Waals surface area contributed by atoms with Gasteiger partial charge in [0.05, 0.1) is 29.0 Å². The molecule has 0 amide bonds. The molecule has 33 heavy (non-hydrogen) atoms. The average molecular weight is 474 g/mol. The molecule has 0 bridgehead atoms. The van der Waals surface area contributed by atoms with Gasteiger partial charge in [-0.2, -0.15) is 0 Å². The molecule has 0 spiro atoms. The van der Waals surface area contributed by atoms with Crippen LogP contribution in [0, 0.1) is 11.7 Å². The Morgan fingerprint density at radius 2 is 2.00 bits per heavy atom. The summed E-state index contributed by atoms with van der Waals surface area (Å²) in [4.78, 5) is 26.5. The maximum absolute atomic E-state index is 14.0. The number of rotatable bonds is 5. The third-order valence-corrected chi connectivity index (χ3v) is 6.59. The van der Waals surface area contributed by atoms with E-state index in [1.54, 1.807) is 6.20 Å². The first-order valence-electron chi connectivity index (χ1n) is 10.8. The summed E-state index contributed by atoms with van der Waals surface area (Å²) >= 11 is 0. The van der Waals surface area contributed by atoms with Crippen LogP contribution in [0.5, 0.6) is 0 Å². The van der Waals surface area contributed by atoms with Crippen LogP contribution in [0.25, 0.3) is 22.2 Å². The Morgan fingerprint density at radius 3 is 2.70 bits per heavy atom. The molecule has 1 aliphatic rings. The van der Waals surface area contributed by atoms with Crippen LogP contribution in [-0.2, 0) is 15.4 Å². The molecule has 1 saturated heterocycles. The molecule has 0 radical (unpaired) electrons. The normalized spacial score (nSPS) is 17.1. The highest BCUT2D eigenvalue weighted by molar-refractivity contribution is 7.88. The molecule has 3 heterocycles. The number of pyridine rings is 1. The van der Waals surface area contributed by atoms with E-state index in [9.17, 15) is 17.6 Å². The van der Waals surface area contributed by atoms with Crippen LogP contribution in [0.1, 0.15) is 32.8 Å². The van der Waals surface area contributed by atoms with Crippen molar-refractivity contribution in [3.63, 3.8) is 0 Å². The number of nitrogens with one attached hydrogen (secondary N) is 2. The molecule has 1 fully saturated rings. The van der Waals surface area contributed by atoms with Crippen molar-refractivity contribution >= 4 is 26.9 Å². The van der Waals surface area contributed by atoms with Gasteiger partial charge in [-0.15, -0.1) is 0 Å². The van der Waals surface area contributed by atoms with Crippen molar-refractivity contribution < 1.29 is 12.8 Å². The van der Waals surface area contributed by atoms with Crippen molar-refractivity contribution in [2.75, 3.05) is 30.8 Å². The van der Waals surface area contributed by atoms with Crippen molar-refractivity contribution in [3.05, 3.63) is 52.3 Å². The zero-order valence-electron chi connectivity index (χ0n) is 19.1. The largest absolute Gasteiger partial charge is 0.355 e. The fourth-order valence-electron chi connectivity index (χ4n) is 4.04. The predicted molar refractivity (Wildman–Crippen MR) is 127 cm³/mol. The van der Waals surface area contributed by atoms with E-state index >= 15 is 0 Å². The standard InChI is InChI=1S/C23H28FN5O3S/c1-23(2,3)15-7-17(18-9-16(24)11-26-22(18)30)21-19(8-15)28-20(12-25-21)29-6-5-14(13-29)10-27-33(4,31)32/h7-9,11-12,14,27H,5-6,10,13H2,1-4H3,(H,26,30)/t14-/m1/s1. The number of benzene rings is 1. The fourth-order valence-corrected chi connectivity index (χ4v) is 4.58. The molecular formula is C23H28FN5O3S. The summed E-state index contributed by atoms with van der Waals surface area (Å²) < 4.78 is 39.3. The second-order valence-corrected chi connectivity index (χ2v) is 11.5. The van der Waals surface area contributed by atoms with E-state index in [2.05, 4.69) is 40.4 Å². The molecule has 2 aromatic heterocycles. The van der Waals surface area contributed by atoms with Gasteiger partial charge >= 0.3 is 0 Å². The number of hydrogen-bond acceptors (Lipinski definition) is 6. The fraction of sp³-hybridized carbons (Fsp3) is 0.435. The van der Waals surface area contributed by atoms with Gasteiger partial charge in [0, 0.05) is 31.4 Å². The molecule has 0 saturated carbocycles. The SMILES string of the molecule is CC(C)(C)c1cc(-c2cc(F)c[nH]c2=O)c2ncc(N3CC[C@H](CNS(C)(=O)=O)C3)nc2c1. The number of fused-ring (bicyclic) bond motifs is 1. The average Bonchev–Trinajstić information content (AvgIpc) is 3.21. The van der Waals surface area contributed by atoms with Gasteiger partial charge in [-0.1, -0.05) is 20.8 Å². The summed E-state index contributed by atoms with van der Waals surface area (Å²) in [5.41, 5.74) is 2.23. The zero-order valence-corrected chi connectivity index (χ0v) is 20.0. The van der Waals surface area contributed by atoms with E-state index in [1.807, 2.05) is 12.1 Å². The van der Waals surface area contributed by atoms with E-state index in [-0.39, 0.29) is 16.9 Å². The Bertz CT molecular complexity index is 1360. The first-order chi connectivity index (χ1) is 15.4. The topological polar surface area (TPSA) is 108 Å². The molecule has 176 valence electrons. The summed E-state index contributed by atoms with van der Waals surface area (Å²) in [5.74, 6) is 0.336. The second-order valence-electron chi connectivity index (χ2n) is 9.65. The molecule has 1 atom stereocenters. The van der Waals surface area contributed by atoms with E-state index < -0.39 is 21.4 Å². The Hall–Kier alpha value is -2.85.